The minimum atomic E-state index is 0.856. The molecule has 84 heavy (non-hydrogen) atoms. The third kappa shape index (κ3) is 15.8. The molecule has 13 aliphatic rings. The Morgan fingerprint density at radius 3 is 0.524 bits per heavy atom. The third-order valence-corrected chi connectivity index (χ3v) is 29.0. The van der Waals surface area contributed by atoms with Gasteiger partial charge < -0.3 is 0 Å². The normalized spacial score (nSPS) is 42.7. The topological polar surface area (TPSA) is 6.48 Å². The molecule has 13 saturated carbocycles. The van der Waals surface area contributed by atoms with Crippen LogP contribution in [0.15, 0.2) is 48.6 Å². The Labute approximate surface area is 520 Å². The fraction of sp³-hybridized carbons (Fsp3) is 0.902. The zero-order chi connectivity index (χ0) is 56.3. The Hall–Kier alpha value is -1.12. The van der Waals surface area contributed by atoms with Crippen molar-refractivity contribution in [3.63, 3.8) is 0 Å². The van der Waals surface area contributed by atoms with Gasteiger partial charge in [-0.15, -0.1) is 0 Å². The second-order valence-corrected chi connectivity index (χ2v) is 33.8. The maximum atomic E-state index is 3.36. The van der Waals surface area contributed by atoms with Crippen LogP contribution in [0.2, 0.25) is 0 Å². The zero-order valence-electron chi connectivity index (χ0n) is 55.0. The van der Waals surface area contributed by atoms with Crippen molar-refractivity contribution in [2.24, 2.45) is 94.7 Å². The van der Waals surface area contributed by atoms with Gasteiger partial charge in [-0.05, 0) is 326 Å². The fourth-order valence-electron chi connectivity index (χ4n) is 24.6. The van der Waals surface area contributed by atoms with E-state index in [9.17, 15) is 0 Å². The predicted octanol–water partition coefficient (Wildman–Crippen LogP) is 23.3. The van der Waals surface area contributed by atoms with Gasteiger partial charge in [0.1, 0.15) is 0 Å². The standard InChI is InChI=1S/C82H134N2/c1-5-17-61(18-6-1)29-33-65-37-49-71(50-38-65)83(72-51-39-66(40-52-72)34-30-62-19-7-2-8-20-62)75-57-45-69(46-58-75)81-77-25-13-15-27-79(77)82(80-28-16-14-26-78(80)81)70-47-59-76(60-48-70)84(73-53-41-67(42-54-73)35-31-63-21-9-3-10-22-63)74-55-43-68(44-56-74)36-32-64-23-11-4-12-24-64/h29-36,61-82H,1-28,37-60H2. The highest BCUT2D eigenvalue weighted by molar-refractivity contribution is 5.08. The lowest BCUT2D eigenvalue weighted by Crippen LogP contribution is -2.56. The molecule has 2 nitrogen and oxygen atoms in total. The summed E-state index contributed by atoms with van der Waals surface area (Å²) >= 11 is 0. The summed E-state index contributed by atoms with van der Waals surface area (Å²) < 4.78 is 0. The van der Waals surface area contributed by atoms with Crippen LogP contribution in [-0.2, 0) is 0 Å². The van der Waals surface area contributed by atoms with Crippen LogP contribution in [0.3, 0.4) is 0 Å². The second kappa shape index (κ2) is 31.3. The van der Waals surface area contributed by atoms with Crippen molar-refractivity contribution < 1.29 is 0 Å². The molecule has 0 radical (unpaired) electrons. The van der Waals surface area contributed by atoms with Gasteiger partial charge in [-0.1, -0.05) is 151 Å². The van der Waals surface area contributed by atoms with E-state index in [2.05, 4.69) is 58.4 Å². The number of hydrogen-bond donors (Lipinski definition) is 0. The Morgan fingerprint density at radius 2 is 0.321 bits per heavy atom. The van der Waals surface area contributed by atoms with Crippen molar-refractivity contribution in [2.75, 3.05) is 0 Å². The molecule has 0 N–H and O–H groups in total. The molecule has 13 rings (SSSR count). The van der Waals surface area contributed by atoms with Crippen LogP contribution in [0.25, 0.3) is 0 Å². The third-order valence-electron chi connectivity index (χ3n) is 29.0. The first-order valence-corrected chi connectivity index (χ1v) is 39.9. The van der Waals surface area contributed by atoms with Gasteiger partial charge in [-0.3, -0.25) is 9.80 Å². The lowest BCUT2D eigenvalue weighted by atomic mass is 9.45. The quantitative estimate of drug-likeness (QED) is 0.142. The van der Waals surface area contributed by atoms with E-state index < -0.39 is 0 Å². The van der Waals surface area contributed by atoms with Gasteiger partial charge in [0.05, 0.1) is 0 Å². The van der Waals surface area contributed by atoms with Gasteiger partial charge in [0.15, 0.2) is 0 Å². The van der Waals surface area contributed by atoms with Crippen LogP contribution in [-0.4, -0.2) is 46.1 Å². The molecule has 0 spiro atoms. The maximum Gasteiger partial charge on any atom is 0.0102 e. The number of fused-ring (bicyclic) bond motifs is 2. The van der Waals surface area contributed by atoms with Crippen molar-refractivity contribution in [2.45, 2.75) is 370 Å². The van der Waals surface area contributed by atoms with Crippen molar-refractivity contribution in [3.8, 4) is 0 Å². The highest BCUT2D eigenvalue weighted by Crippen LogP contribution is 2.63. The van der Waals surface area contributed by atoms with E-state index in [4.69, 9.17) is 0 Å². The Morgan fingerprint density at radius 1 is 0.155 bits per heavy atom. The van der Waals surface area contributed by atoms with Crippen LogP contribution in [0.4, 0.5) is 0 Å². The van der Waals surface area contributed by atoms with Crippen LogP contribution in [0.5, 0.6) is 0 Å². The SMILES string of the molecule is C(=CC1CCC(N(C2CCC(C=CC3CCCCC3)CC2)C2CCC(C3C4CCCCC4C(C4CCC(N(C5CCC(C=CC6CCCCC6)CC5)C5CCC(C=CC6CCCCC6)CC5)CC4)C4CCCCC43)CC2)CC1)C1CCCCC1. The Bertz CT molecular complexity index is 1730. The number of nitrogens with zero attached hydrogens (tertiary/aromatic N) is 2. The first-order valence-electron chi connectivity index (χ1n) is 39.9. The van der Waals surface area contributed by atoms with Gasteiger partial charge in [0.2, 0.25) is 0 Å². The lowest BCUT2D eigenvalue weighted by molar-refractivity contribution is -0.118. The minimum Gasteiger partial charge on any atom is -0.294 e. The van der Waals surface area contributed by atoms with Crippen molar-refractivity contribution in [1.82, 2.24) is 9.80 Å². The van der Waals surface area contributed by atoms with E-state index in [0.717, 1.165) is 131 Å². The molecule has 13 aliphatic carbocycles. The van der Waals surface area contributed by atoms with E-state index in [1.807, 2.05) is 0 Å². The fourth-order valence-corrected chi connectivity index (χ4v) is 24.6. The van der Waals surface area contributed by atoms with Crippen LogP contribution in [0, 0.1) is 94.7 Å². The summed E-state index contributed by atoms with van der Waals surface area (Å²) in [5, 5.41) is 0. The Kier molecular flexibility index (Phi) is 23.0. The molecule has 4 atom stereocenters. The van der Waals surface area contributed by atoms with E-state index in [0.29, 0.717) is 0 Å². The molecule has 13 fully saturated rings. The smallest absolute Gasteiger partial charge is 0.0102 e. The summed E-state index contributed by atoms with van der Waals surface area (Å²) in [6.45, 7) is 0. The highest BCUT2D eigenvalue weighted by Gasteiger charge is 2.56. The molecule has 0 aromatic heterocycles. The first kappa shape index (κ1) is 61.7. The summed E-state index contributed by atoms with van der Waals surface area (Å²) in [6, 6.07) is 5.16. The monoisotopic (exact) mass is 1150 g/mol. The van der Waals surface area contributed by atoms with Crippen LogP contribution < -0.4 is 0 Å². The Balaban J connectivity index is 0.659. The average molecular weight is 1150 g/mol. The zero-order valence-corrected chi connectivity index (χ0v) is 55.0. The molecule has 0 aromatic carbocycles. The molecule has 0 heterocycles. The van der Waals surface area contributed by atoms with Gasteiger partial charge >= 0.3 is 0 Å². The van der Waals surface area contributed by atoms with E-state index in [-0.39, 0.29) is 0 Å². The van der Waals surface area contributed by atoms with E-state index in [1.165, 1.54) is 231 Å². The summed E-state index contributed by atoms with van der Waals surface area (Å²) in [5.41, 5.74) is 0. The lowest BCUT2D eigenvalue weighted by Gasteiger charge is -2.61. The molecule has 0 aromatic rings. The molecule has 0 aliphatic heterocycles. The number of allylic oxidation sites excluding steroid dienone is 8. The van der Waals surface area contributed by atoms with Crippen molar-refractivity contribution >= 4 is 0 Å². The molecule has 4 unspecified atom stereocenters. The number of rotatable bonds is 16. The largest absolute Gasteiger partial charge is 0.294 e. The van der Waals surface area contributed by atoms with Gasteiger partial charge in [0, 0.05) is 36.3 Å². The van der Waals surface area contributed by atoms with Crippen molar-refractivity contribution in [1.29, 1.82) is 0 Å². The first-order chi connectivity index (χ1) is 41.6. The molecule has 0 amide bonds. The van der Waals surface area contributed by atoms with Gasteiger partial charge in [-0.2, -0.15) is 0 Å². The maximum absolute atomic E-state index is 3.36. The molecule has 2 heteroatoms. The van der Waals surface area contributed by atoms with E-state index >= 15 is 0 Å². The average Bonchev–Trinajstić information content (AvgIpc) is 3.48. The van der Waals surface area contributed by atoms with Gasteiger partial charge in [0.25, 0.3) is 0 Å². The van der Waals surface area contributed by atoms with Crippen LogP contribution >= 0.6 is 0 Å². The predicted molar refractivity (Wildman–Crippen MR) is 359 cm³/mol. The molecule has 0 saturated heterocycles. The van der Waals surface area contributed by atoms with E-state index in [1.54, 1.807) is 103 Å². The summed E-state index contributed by atoms with van der Waals surface area (Å²) in [7, 11) is 0. The summed E-state index contributed by atoms with van der Waals surface area (Å²) in [5.74, 6) is 15.4. The molecule has 472 valence electrons. The molecular formula is C82H134N2. The highest BCUT2D eigenvalue weighted by atomic mass is 15.2. The van der Waals surface area contributed by atoms with Gasteiger partial charge in [-0.25, -0.2) is 0 Å². The molecule has 0 bridgehead atoms. The summed E-state index contributed by atoms with van der Waals surface area (Å²) in [6.07, 6.45) is 100. The summed E-state index contributed by atoms with van der Waals surface area (Å²) in [4.78, 5) is 6.73. The minimum absolute atomic E-state index is 0.856. The van der Waals surface area contributed by atoms with Crippen molar-refractivity contribution in [3.05, 3.63) is 48.6 Å². The molecular weight excluding hydrogens is 1010 g/mol. The van der Waals surface area contributed by atoms with Crippen LogP contribution in [0.1, 0.15) is 334 Å². The second-order valence-electron chi connectivity index (χ2n) is 33.8. The number of hydrogen-bond acceptors (Lipinski definition) is 2.